The number of carbonyl (C=O) groups excluding carboxylic acids is 2. The highest BCUT2D eigenvalue weighted by molar-refractivity contribution is 7.92. The van der Waals surface area contributed by atoms with Gasteiger partial charge < -0.3 is 24.4 Å². The molecule has 260 valence electrons. The molecule has 13 heteroatoms. The van der Waals surface area contributed by atoms with Crippen LogP contribution in [-0.2, 0) is 32.6 Å². The first-order chi connectivity index (χ1) is 23.5. The first-order valence-electron chi connectivity index (χ1n) is 15.5. The highest BCUT2D eigenvalue weighted by Crippen LogP contribution is 2.33. The van der Waals surface area contributed by atoms with Crippen LogP contribution in [0.2, 0.25) is 10.0 Å². The zero-order valence-electron chi connectivity index (χ0n) is 27.7. The van der Waals surface area contributed by atoms with E-state index in [0.717, 1.165) is 9.87 Å². The molecular formula is C36H39Cl2N3O7S. The van der Waals surface area contributed by atoms with Crippen LogP contribution >= 0.6 is 23.2 Å². The lowest BCUT2D eigenvalue weighted by Crippen LogP contribution is -2.53. The predicted octanol–water partition coefficient (Wildman–Crippen LogP) is 6.38. The van der Waals surface area contributed by atoms with Crippen molar-refractivity contribution in [3.8, 4) is 17.2 Å². The number of nitrogens with zero attached hydrogens (tertiary/aromatic N) is 2. The minimum Gasteiger partial charge on any atom is -0.494 e. The van der Waals surface area contributed by atoms with Crippen LogP contribution in [0.5, 0.6) is 17.2 Å². The second-order valence-electron chi connectivity index (χ2n) is 10.8. The summed E-state index contributed by atoms with van der Waals surface area (Å²) in [4.78, 5) is 29.5. The molecule has 0 aliphatic carbocycles. The van der Waals surface area contributed by atoms with Crippen molar-refractivity contribution in [1.82, 2.24) is 10.2 Å². The standard InChI is InChI=1S/C36H39Cl2N3O7S/c1-5-39-36(43)32(20-25-10-8-7-9-11-25)40(23-26-12-13-27(37)21-31(26)38)35(42)24-41(28-14-16-29(17-15-28)48-6-2)49(44,45)30-18-19-33(46-3)34(22-30)47-4/h7-19,21-22,32H,5-6,20,23-24H2,1-4H3,(H,39,43)/t32-/m0/s1. The average molecular weight is 729 g/mol. The van der Waals surface area contributed by atoms with Crippen molar-refractivity contribution < 1.29 is 32.2 Å². The fraction of sp³-hybridized carbons (Fsp3) is 0.278. The van der Waals surface area contributed by atoms with Gasteiger partial charge in [-0.25, -0.2) is 8.42 Å². The van der Waals surface area contributed by atoms with E-state index in [-0.39, 0.29) is 29.3 Å². The Morgan fingerprint density at radius 2 is 1.55 bits per heavy atom. The first kappa shape index (κ1) is 37.4. The molecule has 4 rings (SSSR count). The van der Waals surface area contributed by atoms with E-state index in [0.29, 0.717) is 40.3 Å². The number of rotatable bonds is 16. The van der Waals surface area contributed by atoms with E-state index in [1.54, 1.807) is 49.4 Å². The van der Waals surface area contributed by atoms with Crippen LogP contribution in [0.1, 0.15) is 25.0 Å². The normalized spacial score (nSPS) is 11.7. The Bertz CT molecular complexity index is 1840. The molecule has 0 unspecified atom stereocenters. The molecule has 0 radical (unpaired) electrons. The van der Waals surface area contributed by atoms with Crippen LogP contribution in [0.4, 0.5) is 5.69 Å². The van der Waals surface area contributed by atoms with Gasteiger partial charge in [-0.1, -0.05) is 59.6 Å². The predicted molar refractivity (Wildman–Crippen MR) is 191 cm³/mol. The number of methoxy groups -OCH3 is 2. The van der Waals surface area contributed by atoms with Gasteiger partial charge in [-0.15, -0.1) is 0 Å². The van der Waals surface area contributed by atoms with E-state index in [2.05, 4.69) is 5.32 Å². The van der Waals surface area contributed by atoms with Gasteiger partial charge in [0, 0.05) is 35.6 Å². The van der Waals surface area contributed by atoms with E-state index in [1.165, 1.54) is 37.3 Å². The summed E-state index contributed by atoms with van der Waals surface area (Å²) in [7, 11) is -1.56. The highest BCUT2D eigenvalue weighted by Gasteiger charge is 2.35. The third-order valence-electron chi connectivity index (χ3n) is 7.64. The summed E-state index contributed by atoms with van der Waals surface area (Å²) >= 11 is 12.7. The number of halogens is 2. The molecule has 4 aromatic carbocycles. The Morgan fingerprint density at radius 1 is 0.857 bits per heavy atom. The summed E-state index contributed by atoms with van der Waals surface area (Å²) in [6.07, 6.45) is 0.162. The Kier molecular flexibility index (Phi) is 13.2. The molecule has 2 amide bonds. The summed E-state index contributed by atoms with van der Waals surface area (Å²) < 4.78 is 46.1. The number of ether oxygens (including phenoxy) is 3. The van der Waals surface area contributed by atoms with Crippen LogP contribution < -0.4 is 23.8 Å². The minimum absolute atomic E-state index is 0.100. The lowest BCUT2D eigenvalue weighted by Gasteiger charge is -2.34. The van der Waals surface area contributed by atoms with E-state index < -0.39 is 34.4 Å². The van der Waals surface area contributed by atoms with Crippen LogP contribution in [0.25, 0.3) is 0 Å². The Labute approximate surface area is 297 Å². The molecular weight excluding hydrogens is 689 g/mol. The topological polar surface area (TPSA) is 114 Å². The molecule has 1 atom stereocenters. The number of nitrogens with one attached hydrogen (secondary N) is 1. The molecule has 0 aliphatic heterocycles. The number of hydrogen-bond acceptors (Lipinski definition) is 7. The van der Waals surface area contributed by atoms with Crippen molar-refractivity contribution in [2.45, 2.75) is 37.8 Å². The zero-order chi connectivity index (χ0) is 35.6. The van der Waals surface area contributed by atoms with Gasteiger partial charge in [-0.3, -0.25) is 13.9 Å². The second-order valence-corrected chi connectivity index (χ2v) is 13.5. The lowest BCUT2D eigenvalue weighted by molar-refractivity contribution is -0.140. The highest BCUT2D eigenvalue weighted by atomic mass is 35.5. The summed E-state index contributed by atoms with van der Waals surface area (Å²) in [6.45, 7) is 3.60. The Hall–Kier alpha value is -4.45. The second kappa shape index (κ2) is 17.3. The van der Waals surface area contributed by atoms with E-state index in [1.807, 2.05) is 37.3 Å². The molecule has 0 saturated carbocycles. The van der Waals surface area contributed by atoms with Gasteiger partial charge in [-0.05, 0) is 73.5 Å². The van der Waals surface area contributed by atoms with Crippen molar-refractivity contribution in [1.29, 1.82) is 0 Å². The smallest absolute Gasteiger partial charge is 0.264 e. The van der Waals surface area contributed by atoms with Gasteiger partial charge in [0.1, 0.15) is 18.3 Å². The average Bonchev–Trinajstić information content (AvgIpc) is 3.10. The minimum atomic E-state index is -4.40. The number of anilines is 1. The van der Waals surface area contributed by atoms with E-state index in [4.69, 9.17) is 37.4 Å². The van der Waals surface area contributed by atoms with E-state index >= 15 is 0 Å². The van der Waals surface area contributed by atoms with Crippen LogP contribution in [0.15, 0.2) is 95.9 Å². The number of likely N-dealkylation sites (N-methyl/N-ethyl adjacent to an activating group) is 1. The number of benzene rings is 4. The maximum absolute atomic E-state index is 14.6. The number of sulfonamides is 1. The maximum atomic E-state index is 14.6. The molecule has 49 heavy (non-hydrogen) atoms. The van der Waals surface area contributed by atoms with Crippen molar-refractivity contribution in [2.75, 3.05) is 38.2 Å². The number of hydrogen-bond donors (Lipinski definition) is 1. The number of carbonyl (C=O) groups is 2. The molecule has 0 fully saturated rings. The molecule has 0 heterocycles. The van der Waals surface area contributed by atoms with Crippen LogP contribution in [-0.4, -0.2) is 65.1 Å². The number of amides is 2. The molecule has 10 nitrogen and oxygen atoms in total. The van der Waals surface area contributed by atoms with Gasteiger partial charge in [0.15, 0.2) is 11.5 Å². The van der Waals surface area contributed by atoms with Crippen molar-refractivity contribution in [2.24, 2.45) is 0 Å². The molecule has 0 aliphatic rings. The van der Waals surface area contributed by atoms with Gasteiger partial charge >= 0.3 is 0 Å². The SMILES string of the molecule is CCNC(=O)[C@H](Cc1ccccc1)N(Cc1ccc(Cl)cc1Cl)C(=O)CN(c1ccc(OCC)cc1)S(=O)(=O)c1ccc(OC)c(OC)c1. The summed E-state index contributed by atoms with van der Waals surface area (Å²) in [6, 6.07) is 23.6. The fourth-order valence-corrected chi connectivity index (χ4v) is 7.09. The molecule has 4 aromatic rings. The lowest BCUT2D eigenvalue weighted by atomic mass is 10.0. The first-order valence-corrected chi connectivity index (χ1v) is 17.7. The summed E-state index contributed by atoms with van der Waals surface area (Å²) in [5.41, 5.74) is 1.53. The largest absolute Gasteiger partial charge is 0.494 e. The third kappa shape index (κ3) is 9.38. The third-order valence-corrected chi connectivity index (χ3v) is 9.99. The maximum Gasteiger partial charge on any atom is 0.264 e. The van der Waals surface area contributed by atoms with Crippen molar-refractivity contribution in [3.63, 3.8) is 0 Å². The van der Waals surface area contributed by atoms with Crippen LogP contribution in [0, 0.1) is 0 Å². The van der Waals surface area contributed by atoms with Gasteiger partial charge in [0.25, 0.3) is 10.0 Å². The molecule has 0 spiro atoms. The Balaban J connectivity index is 1.84. The fourth-order valence-electron chi connectivity index (χ4n) is 5.19. The van der Waals surface area contributed by atoms with Crippen molar-refractivity contribution >= 4 is 50.7 Å². The monoisotopic (exact) mass is 727 g/mol. The molecule has 0 saturated heterocycles. The quantitative estimate of drug-likeness (QED) is 0.143. The van der Waals surface area contributed by atoms with E-state index in [9.17, 15) is 18.0 Å². The summed E-state index contributed by atoms with van der Waals surface area (Å²) in [5.74, 6) is 0.0112. The molecule has 0 bridgehead atoms. The van der Waals surface area contributed by atoms with Crippen LogP contribution in [0.3, 0.4) is 0 Å². The van der Waals surface area contributed by atoms with Crippen molar-refractivity contribution in [3.05, 3.63) is 112 Å². The summed E-state index contributed by atoms with van der Waals surface area (Å²) in [5, 5.41) is 3.53. The van der Waals surface area contributed by atoms with Gasteiger partial charge in [-0.2, -0.15) is 0 Å². The van der Waals surface area contributed by atoms with Gasteiger partial charge in [0.2, 0.25) is 11.8 Å². The Morgan fingerprint density at radius 3 is 2.16 bits per heavy atom. The van der Waals surface area contributed by atoms with Gasteiger partial charge in [0.05, 0.1) is 31.4 Å². The molecule has 0 aromatic heterocycles. The molecule has 1 N–H and O–H groups in total. The zero-order valence-corrected chi connectivity index (χ0v) is 30.0.